The van der Waals surface area contributed by atoms with Gasteiger partial charge in [0.1, 0.15) is 5.69 Å². The third-order valence-electron chi connectivity index (χ3n) is 4.27. The van der Waals surface area contributed by atoms with Crippen LogP contribution in [0.4, 0.5) is 18.9 Å². The van der Waals surface area contributed by atoms with Gasteiger partial charge in [-0.2, -0.15) is 18.3 Å². The Kier molecular flexibility index (Phi) is 3.87. The molecule has 1 aromatic carbocycles. The summed E-state index contributed by atoms with van der Waals surface area (Å²) in [4.78, 5) is 20.0. The molecule has 0 unspecified atom stereocenters. The molecule has 0 atom stereocenters. The van der Waals surface area contributed by atoms with Gasteiger partial charge in [-0.25, -0.2) is 4.98 Å². The number of fused-ring (bicyclic) bond motifs is 1. The van der Waals surface area contributed by atoms with Crippen molar-refractivity contribution in [1.82, 2.24) is 20.2 Å². The summed E-state index contributed by atoms with van der Waals surface area (Å²) in [6.45, 7) is 1.56. The van der Waals surface area contributed by atoms with Gasteiger partial charge in [0, 0.05) is 11.1 Å². The minimum atomic E-state index is -4.56. The highest BCUT2D eigenvalue weighted by Gasteiger charge is 2.39. The molecule has 3 N–H and O–H groups in total. The zero-order valence-electron chi connectivity index (χ0n) is 14.1. The second-order valence-electron chi connectivity index (χ2n) is 6.27. The number of alkyl halides is 3. The van der Waals surface area contributed by atoms with Crippen molar-refractivity contribution < 1.29 is 18.0 Å². The van der Waals surface area contributed by atoms with Crippen LogP contribution >= 0.6 is 0 Å². The monoisotopic (exact) mass is 373 g/mol. The molecule has 1 aliphatic carbocycles. The van der Waals surface area contributed by atoms with Crippen molar-refractivity contribution in [2.24, 2.45) is 0 Å². The smallest absolute Gasteiger partial charge is 0.337 e. The Balaban J connectivity index is 1.66. The number of allylic oxidation sites excluding steroid dienone is 2. The van der Waals surface area contributed by atoms with Gasteiger partial charge in [0.2, 0.25) is 0 Å². The summed E-state index contributed by atoms with van der Waals surface area (Å²) in [6.07, 6.45) is -2.24. The Morgan fingerprint density at radius 3 is 2.78 bits per heavy atom. The fourth-order valence-corrected chi connectivity index (χ4v) is 3.04. The number of hydrogen-bond acceptors (Lipinski definition) is 3. The number of hydrogen-bond donors (Lipinski definition) is 3. The first-order valence-corrected chi connectivity index (χ1v) is 8.10. The van der Waals surface area contributed by atoms with Crippen LogP contribution in [0.3, 0.4) is 0 Å². The minimum Gasteiger partial charge on any atom is -0.337 e. The third kappa shape index (κ3) is 3.12. The Morgan fingerprint density at radius 2 is 2.04 bits per heavy atom. The molecule has 0 saturated carbocycles. The number of H-pyrrole nitrogens is 2. The van der Waals surface area contributed by atoms with E-state index in [1.165, 1.54) is 12.3 Å². The highest BCUT2D eigenvalue weighted by atomic mass is 19.4. The molecule has 3 aromatic rings. The van der Waals surface area contributed by atoms with Crippen molar-refractivity contribution in [2.45, 2.75) is 19.5 Å². The molecule has 0 spiro atoms. The van der Waals surface area contributed by atoms with E-state index in [9.17, 15) is 18.0 Å². The minimum absolute atomic E-state index is 0.242. The molecular weight excluding hydrogens is 359 g/mol. The summed E-state index contributed by atoms with van der Waals surface area (Å²) in [6, 6.07) is 7.34. The lowest BCUT2D eigenvalue weighted by atomic mass is 10.1. The zero-order valence-corrected chi connectivity index (χ0v) is 14.1. The Morgan fingerprint density at radius 1 is 1.26 bits per heavy atom. The van der Waals surface area contributed by atoms with Crippen LogP contribution in [-0.4, -0.2) is 32.2 Å². The average molecular weight is 373 g/mol. The molecule has 1 amide bonds. The Hall–Kier alpha value is -3.36. The molecule has 6 nitrogen and oxygen atoms in total. The molecule has 0 radical (unpaired) electrons. The number of aromatic nitrogens is 4. The fraction of sp³-hybridized carbons (Fsp3) is 0.167. The largest absolute Gasteiger partial charge is 0.413 e. The molecule has 0 aliphatic heterocycles. The van der Waals surface area contributed by atoms with Gasteiger partial charge in [0.15, 0.2) is 5.82 Å². The van der Waals surface area contributed by atoms with Gasteiger partial charge in [-0.05, 0) is 31.6 Å². The van der Waals surface area contributed by atoms with Gasteiger partial charge in [0.05, 0.1) is 22.9 Å². The van der Waals surface area contributed by atoms with E-state index >= 15 is 0 Å². The summed E-state index contributed by atoms with van der Waals surface area (Å²) < 4.78 is 39.5. The van der Waals surface area contributed by atoms with E-state index in [1.54, 1.807) is 6.92 Å². The second-order valence-corrected chi connectivity index (χ2v) is 6.27. The molecule has 2 aromatic heterocycles. The van der Waals surface area contributed by atoms with E-state index in [0.717, 1.165) is 11.0 Å². The number of nitrogens with one attached hydrogen (secondary N) is 3. The van der Waals surface area contributed by atoms with Crippen LogP contribution in [0.5, 0.6) is 0 Å². The molecule has 4 rings (SSSR count). The number of rotatable bonds is 3. The second kappa shape index (κ2) is 6.11. The van der Waals surface area contributed by atoms with E-state index < -0.39 is 17.7 Å². The summed E-state index contributed by atoms with van der Waals surface area (Å²) in [7, 11) is 0. The number of para-hydroxylation sites is 2. The van der Waals surface area contributed by atoms with E-state index in [-0.39, 0.29) is 17.7 Å². The van der Waals surface area contributed by atoms with Crippen molar-refractivity contribution in [3.8, 4) is 11.5 Å². The fourth-order valence-electron chi connectivity index (χ4n) is 3.04. The number of benzene rings is 1. The van der Waals surface area contributed by atoms with E-state index in [4.69, 9.17) is 0 Å². The van der Waals surface area contributed by atoms with Crippen molar-refractivity contribution >= 4 is 22.6 Å². The first-order chi connectivity index (χ1) is 12.8. The molecule has 2 heterocycles. The standard InChI is InChI=1S/C18H14F3N5O/c1-9-6-10(11(7-9)18(19,20)21)17(27)25-14-8-22-26-15(14)16-23-12-4-2-3-5-13(12)24-16/h2-6,8H,7H2,1H3,(H,22,26)(H,23,24)(H,25,27). The van der Waals surface area contributed by atoms with Gasteiger partial charge in [0.25, 0.3) is 5.91 Å². The van der Waals surface area contributed by atoms with Gasteiger partial charge in [-0.15, -0.1) is 0 Å². The van der Waals surface area contributed by atoms with Crippen LogP contribution in [-0.2, 0) is 4.79 Å². The first-order valence-electron chi connectivity index (χ1n) is 8.10. The van der Waals surface area contributed by atoms with E-state index in [2.05, 4.69) is 25.5 Å². The summed E-state index contributed by atoms with van der Waals surface area (Å²) in [5.74, 6) is -0.412. The number of halogens is 3. The number of nitrogens with zero attached hydrogens (tertiary/aromatic N) is 2. The molecule has 0 fully saturated rings. The van der Waals surface area contributed by atoms with Crippen LogP contribution in [0.2, 0.25) is 0 Å². The molecule has 9 heteroatoms. The Bertz CT molecular complexity index is 1070. The molecule has 0 saturated heterocycles. The molecule has 138 valence electrons. The predicted octanol–water partition coefficient (Wildman–Crippen LogP) is 4.10. The summed E-state index contributed by atoms with van der Waals surface area (Å²) in [5, 5.41) is 9.10. The third-order valence-corrected chi connectivity index (χ3v) is 4.27. The number of carbonyl (C=O) groups is 1. The topological polar surface area (TPSA) is 86.5 Å². The first kappa shape index (κ1) is 17.1. The van der Waals surface area contributed by atoms with Crippen LogP contribution in [0.1, 0.15) is 13.3 Å². The highest BCUT2D eigenvalue weighted by molar-refractivity contribution is 6.08. The molecular formula is C18H14F3N5O. The normalized spacial score (nSPS) is 14.7. The van der Waals surface area contributed by atoms with Gasteiger partial charge >= 0.3 is 6.18 Å². The van der Waals surface area contributed by atoms with E-state index in [1.807, 2.05) is 24.3 Å². The number of amides is 1. The lowest BCUT2D eigenvalue weighted by molar-refractivity contribution is -0.114. The lowest BCUT2D eigenvalue weighted by Crippen LogP contribution is -2.19. The predicted molar refractivity (Wildman–Crippen MR) is 93.8 cm³/mol. The quantitative estimate of drug-likeness (QED) is 0.646. The van der Waals surface area contributed by atoms with Crippen LogP contribution in [0.15, 0.2) is 53.3 Å². The van der Waals surface area contributed by atoms with Gasteiger partial charge in [-0.3, -0.25) is 9.89 Å². The van der Waals surface area contributed by atoms with Gasteiger partial charge in [-0.1, -0.05) is 17.7 Å². The molecule has 27 heavy (non-hydrogen) atoms. The van der Waals surface area contributed by atoms with Crippen molar-refractivity contribution in [1.29, 1.82) is 0 Å². The van der Waals surface area contributed by atoms with Crippen molar-refractivity contribution in [3.63, 3.8) is 0 Å². The zero-order chi connectivity index (χ0) is 19.2. The average Bonchev–Trinajstić information content (AvgIpc) is 3.30. The van der Waals surface area contributed by atoms with Crippen LogP contribution < -0.4 is 5.32 Å². The lowest BCUT2D eigenvalue weighted by Gasteiger charge is -2.11. The molecule has 1 aliphatic rings. The number of aromatic amines is 2. The Labute approximate surface area is 151 Å². The maximum Gasteiger partial charge on any atom is 0.413 e. The summed E-state index contributed by atoms with van der Waals surface area (Å²) in [5.41, 5.74) is 1.39. The van der Waals surface area contributed by atoms with Crippen molar-refractivity contribution in [2.75, 3.05) is 5.32 Å². The summed E-state index contributed by atoms with van der Waals surface area (Å²) >= 11 is 0. The van der Waals surface area contributed by atoms with E-state index in [0.29, 0.717) is 17.1 Å². The SMILES string of the molecule is CC1=CC(C(=O)Nc2cn[nH]c2-c2nc3ccccc3[nH]2)=C(C(F)(F)F)C1. The maximum atomic E-state index is 13.2. The van der Waals surface area contributed by atoms with Crippen LogP contribution in [0.25, 0.3) is 22.6 Å². The van der Waals surface area contributed by atoms with Crippen LogP contribution in [0, 0.1) is 0 Å². The number of carbonyl (C=O) groups excluding carboxylic acids is 1. The van der Waals surface area contributed by atoms with Crippen molar-refractivity contribution in [3.05, 3.63) is 53.3 Å². The molecule has 0 bridgehead atoms. The number of imidazole rings is 1. The number of anilines is 1. The van der Waals surface area contributed by atoms with Gasteiger partial charge < -0.3 is 10.3 Å². The highest BCUT2D eigenvalue weighted by Crippen LogP contribution is 2.38. The maximum absolute atomic E-state index is 13.2.